The lowest BCUT2D eigenvalue weighted by Crippen LogP contribution is -2.13. The Morgan fingerprint density at radius 2 is 1.76 bits per heavy atom. The molecule has 1 N–H and O–H groups in total. The van der Waals surface area contributed by atoms with Gasteiger partial charge in [0.1, 0.15) is 0 Å². The normalized spacial score (nSPS) is 11.2. The van der Waals surface area contributed by atoms with Crippen molar-refractivity contribution in [3.63, 3.8) is 0 Å². The van der Waals surface area contributed by atoms with E-state index in [4.69, 9.17) is 0 Å². The topological polar surface area (TPSA) is 89.3 Å². The van der Waals surface area contributed by atoms with Crippen LogP contribution in [0.1, 0.15) is 5.56 Å². The van der Waals surface area contributed by atoms with E-state index in [9.17, 15) is 18.5 Å². The zero-order valence-corrected chi connectivity index (χ0v) is 14.8. The molecule has 0 unspecified atom stereocenters. The number of nitrogens with zero attached hydrogens (tertiary/aromatic N) is 1. The van der Waals surface area contributed by atoms with Crippen LogP contribution < -0.4 is 4.72 Å². The number of non-ortho nitro benzene ring substituents is 1. The summed E-state index contributed by atoms with van der Waals surface area (Å²) in [4.78, 5) is 11.3. The highest BCUT2D eigenvalue weighted by Crippen LogP contribution is 2.32. The number of hydrogen-bond donors (Lipinski definition) is 1. The summed E-state index contributed by atoms with van der Waals surface area (Å²) in [5, 5.41) is 12.4. The number of nitrogens with one attached hydrogen (secondary N) is 1. The van der Waals surface area contributed by atoms with Crippen LogP contribution >= 0.6 is 11.3 Å². The number of nitro groups is 1. The van der Waals surface area contributed by atoms with Crippen molar-refractivity contribution >= 4 is 32.7 Å². The molecule has 0 saturated carbocycles. The van der Waals surface area contributed by atoms with Crippen LogP contribution in [0, 0.1) is 17.0 Å². The molecule has 2 aromatic carbocycles. The first kappa shape index (κ1) is 17.1. The fraction of sp³-hybridized carbons (Fsp3) is 0.0588. The van der Waals surface area contributed by atoms with Gasteiger partial charge >= 0.3 is 0 Å². The van der Waals surface area contributed by atoms with Gasteiger partial charge in [-0.05, 0) is 42.3 Å². The van der Waals surface area contributed by atoms with Crippen molar-refractivity contribution in [1.29, 1.82) is 0 Å². The third-order valence-corrected chi connectivity index (χ3v) is 6.12. The SMILES string of the molecule is Cc1ccccc1S(=O)(=O)Nc1csc(-c2ccc([N+](=O)[O-])cc2)c1. The van der Waals surface area contributed by atoms with E-state index in [-0.39, 0.29) is 10.6 Å². The summed E-state index contributed by atoms with van der Waals surface area (Å²) >= 11 is 1.36. The number of aryl methyl sites for hydroxylation is 1. The van der Waals surface area contributed by atoms with Gasteiger partial charge in [-0.25, -0.2) is 8.42 Å². The van der Waals surface area contributed by atoms with Crippen molar-refractivity contribution < 1.29 is 13.3 Å². The molecule has 8 heteroatoms. The second-order valence-corrected chi connectivity index (χ2v) is 7.94. The lowest BCUT2D eigenvalue weighted by Gasteiger charge is -2.08. The first-order chi connectivity index (χ1) is 11.9. The highest BCUT2D eigenvalue weighted by atomic mass is 32.2. The molecule has 3 aromatic rings. The van der Waals surface area contributed by atoms with E-state index in [1.165, 1.54) is 23.5 Å². The summed E-state index contributed by atoms with van der Waals surface area (Å²) in [5.41, 5.74) is 1.93. The highest BCUT2D eigenvalue weighted by Gasteiger charge is 2.17. The van der Waals surface area contributed by atoms with Crippen LogP contribution in [0.15, 0.2) is 64.9 Å². The molecule has 1 aromatic heterocycles. The van der Waals surface area contributed by atoms with Crippen LogP contribution in [0.5, 0.6) is 0 Å². The van der Waals surface area contributed by atoms with Gasteiger partial charge in [-0.15, -0.1) is 11.3 Å². The van der Waals surface area contributed by atoms with Gasteiger partial charge in [0.2, 0.25) is 0 Å². The van der Waals surface area contributed by atoms with Crippen LogP contribution in [-0.2, 0) is 10.0 Å². The molecule has 3 rings (SSSR count). The zero-order chi connectivity index (χ0) is 18.0. The molecule has 0 aliphatic heterocycles. The first-order valence-corrected chi connectivity index (χ1v) is 9.65. The van der Waals surface area contributed by atoms with Crippen LogP contribution in [0.2, 0.25) is 0 Å². The number of rotatable bonds is 5. The Kier molecular flexibility index (Phi) is 4.56. The minimum absolute atomic E-state index is 0.0146. The van der Waals surface area contributed by atoms with Gasteiger partial charge in [0.25, 0.3) is 15.7 Å². The molecule has 0 aliphatic rings. The summed E-state index contributed by atoms with van der Waals surface area (Å²) in [7, 11) is -3.66. The lowest BCUT2D eigenvalue weighted by molar-refractivity contribution is -0.384. The minimum Gasteiger partial charge on any atom is -0.279 e. The zero-order valence-electron chi connectivity index (χ0n) is 13.2. The smallest absolute Gasteiger partial charge is 0.269 e. The maximum atomic E-state index is 12.5. The number of benzene rings is 2. The molecule has 0 fully saturated rings. The van der Waals surface area contributed by atoms with Gasteiger partial charge in [-0.3, -0.25) is 14.8 Å². The monoisotopic (exact) mass is 374 g/mol. The Bertz CT molecular complexity index is 1020. The van der Waals surface area contributed by atoms with E-state index >= 15 is 0 Å². The van der Waals surface area contributed by atoms with Crippen molar-refractivity contribution in [3.8, 4) is 10.4 Å². The van der Waals surface area contributed by atoms with E-state index in [1.807, 2.05) is 0 Å². The van der Waals surface area contributed by atoms with Gasteiger partial charge in [0.05, 0.1) is 15.5 Å². The van der Waals surface area contributed by atoms with Gasteiger partial charge in [-0.2, -0.15) is 0 Å². The molecular formula is C17H14N2O4S2. The third kappa shape index (κ3) is 3.70. The molecule has 128 valence electrons. The molecule has 0 saturated heterocycles. The molecule has 6 nitrogen and oxygen atoms in total. The van der Waals surface area contributed by atoms with Crippen LogP contribution in [0.4, 0.5) is 11.4 Å². The summed E-state index contributed by atoms with van der Waals surface area (Å²) in [6, 6.07) is 14.6. The Morgan fingerprint density at radius 1 is 1.08 bits per heavy atom. The van der Waals surface area contributed by atoms with Crippen LogP contribution in [0.3, 0.4) is 0 Å². The second kappa shape index (κ2) is 6.66. The van der Waals surface area contributed by atoms with E-state index in [0.717, 1.165) is 10.4 Å². The molecule has 25 heavy (non-hydrogen) atoms. The average molecular weight is 374 g/mol. The van der Waals surface area contributed by atoms with Crippen LogP contribution in [0.25, 0.3) is 10.4 Å². The van der Waals surface area contributed by atoms with Crippen LogP contribution in [-0.4, -0.2) is 13.3 Å². The average Bonchev–Trinajstić information content (AvgIpc) is 3.03. The molecule has 0 amide bonds. The molecule has 0 radical (unpaired) electrons. The minimum atomic E-state index is -3.66. The van der Waals surface area contributed by atoms with Gasteiger partial charge in [0, 0.05) is 22.4 Å². The fourth-order valence-corrected chi connectivity index (χ4v) is 4.57. The lowest BCUT2D eigenvalue weighted by atomic mass is 10.2. The molecule has 0 bridgehead atoms. The largest absolute Gasteiger partial charge is 0.279 e. The number of thiophene rings is 1. The second-order valence-electron chi connectivity index (χ2n) is 5.37. The Labute approximate surface area is 149 Å². The maximum Gasteiger partial charge on any atom is 0.269 e. The van der Waals surface area contributed by atoms with E-state index < -0.39 is 14.9 Å². The molecule has 0 atom stereocenters. The highest BCUT2D eigenvalue weighted by molar-refractivity contribution is 7.92. The van der Waals surface area contributed by atoms with Crippen molar-refractivity contribution in [2.75, 3.05) is 4.72 Å². The van der Waals surface area contributed by atoms with E-state index in [2.05, 4.69) is 4.72 Å². The number of nitro benzene ring substituents is 1. The van der Waals surface area contributed by atoms with E-state index in [0.29, 0.717) is 11.3 Å². The first-order valence-electron chi connectivity index (χ1n) is 7.28. The molecule has 1 heterocycles. The van der Waals surface area contributed by atoms with Crippen molar-refractivity contribution in [2.24, 2.45) is 0 Å². The Balaban J connectivity index is 1.84. The standard InChI is InChI=1S/C17H14N2O4S2/c1-12-4-2-3-5-17(12)25(22,23)18-14-10-16(24-11-14)13-6-8-15(9-7-13)19(20)21/h2-11,18H,1H3. The summed E-state index contributed by atoms with van der Waals surface area (Å²) < 4.78 is 27.6. The molecular weight excluding hydrogens is 360 g/mol. The number of sulfonamides is 1. The quantitative estimate of drug-likeness (QED) is 0.528. The van der Waals surface area contributed by atoms with Gasteiger partial charge < -0.3 is 0 Å². The van der Waals surface area contributed by atoms with Crippen molar-refractivity contribution in [3.05, 3.63) is 75.7 Å². The maximum absolute atomic E-state index is 12.5. The van der Waals surface area contributed by atoms with Gasteiger partial charge in [0.15, 0.2) is 0 Å². The Morgan fingerprint density at radius 3 is 2.40 bits per heavy atom. The predicted molar refractivity (Wildman–Crippen MR) is 98.4 cm³/mol. The number of hydrogen-bond acceptors (Lipinski definition) is 5. The predicted octanol–water partition coefficient (Wildman–Crippen LogP) is 4.43. The Hall–Kier alpha value is -2.71. The number of anilines is 1. The third-order valence-electron chi connectivity index (χ3n) is 3.60. The summed E-state index contributed by atoms with van der Waals surface area (Å²) in [5.74, 6) is 0. The molecule has 0 spiro atoms. The summed E-state index contributed by atoms with van der Waals surface area (Å²) in [6.45, 7) is 1.74. The summed E-state index contributed by atoms with van der Waals surface area (Å²) in [6.07, 6.45) is 0. The van der Waals surface area contributed by atoms with Gasteiger partial charge in [-0.1, -0.05) is 18.2 Å². The fourth-order valence-electron chi connectivity index (χ4n) is 2.36. The van der Waals surface area contributed by atoms with E-state index in [1.54, 1.807) is 54.8 Å². The van der Waals surface area contributed by atoms with Crippen molar-refractivity contribution in [2.45, 2.75) is 11.8 Å². The van der Waals surface area contributed by atoms with Crippen molar-refractivity contribution in [1.82, 2.24) is 0 Å². The molecule has 0 aliphatic carbocycles.